The average Bonchev–Trinajstić information content (AvgIpc) is 3.04. The van der Waals surface area contributed by atoms with Crippen LogP contribution in [0, 0.1) is 6.92 Å². The van der Waals surface area contributed by atoms with Crippen molar-refractivity contribution in [1.82, 2.24) is 15.5 Å². The highest BCUT2D eigenvalue weighted by Crippen LogP contribution is 2.24. The van der Waals surface area contributed by atoms with E-state index in [1.807, 2.05) is 25.1 Å². The smallest absolute Gasteiger partial charge is 0.134 e. The van der Waals surface area contributed by atoms with Crippen LogP contribution in [0.3, 0.4) is 0 Å². The molecule has 4 heteroatoms. The zero-order valence-corrected chi connectivity index (χ0v) is 12.7. The van der Waals surface area contributed by atoms with E-state index in [4.69, 9.17) is 4.42 Å². The number of H-pyrrole nitrogens is 1. The van der Waals surface area contributed by atoms with E-state index in [1.54, 1.807) is 0 Å². The van der Waals surface area contributed by atoms with Gasteiger partial charge in [0.2, 0.25) is 0 Å². The third-order valence-electron chi connectivity index (χ3n) is 3.68. The first-order valence-corrected chi connectivity index (χ1v) is 7.37. The van der Waals surface area contributed by atoms with E-state index in [9.17, 15) is 0 Å². The maximum Gasteiger partial charge on any atom is 0.134 e. The van der Waals surface area contributed by atoms with Gasteiger partial charge in [0.25, 0.3) is 0 Å². The van der Waals surface area contributed by atoms with E-state index in [2.05, 4.69) is 47.6 Å². The van der Waals surface area contributed by atoms with Gasteiger partial charge in [-0.3, -0.25) is 5.10 Å². The van der Waals surface area contributed by atoms with Gasteiger partial charge >= 0.3 is 0 Å². The first-order valence-electron chi connectivity index (χ1n) is 7.37. The Morgan fingerprint density at radius 1 is 1.24 bits per heavy atom. The number of para-hydroxylation sites is 1. The van der Waals surface area contributed by atoms with E-state index in [0.717, 1.165) is 34.5 Å². The number of furan rings is 1. The van der Waals surface area contributed by atoms with Gasteiger partial charge in [-0.2, -0.15) is 5.10 Å². The molecule has 0 saturated carbocycles. The van der Waals surface area contributed by atoms with Gasteiger partial charge < -0.3 is 9.73 Å². The standard InChI is InChI=1S/C17H21N3O/c1-11(8-15-9-12(2)19-20-15)18-13(3)17-10-14-6-4-5-7-16(14)21-17/h4-7,9-11,13,18H,8H2,1-3H3,(H,19,20)/t11-,13-/m1/s1. The number of aromatic amines is 1. The van der Waals surface area contributed by atoms with Crippen LogP contribution in [0.1, 0.15) is 37.0 Å². The highest BCUT2D eigenvalue weighted by molar-refractivity contribution is 5.77. The van der Waals surface area contributed by atoms with Gasteiger partial charge in [-0.05, 0) is 39.0 Å². The van der Waals surface area contributed by atoms with Crippen LogP contribution in [0.5, 0.6) is 0 Å². The summed E-state index contributed by atoms with van der Waals surface area (Å²) in [5, 5.41) is 12.0. The van der Waals surface area contributed by atoms with Crippen LogP contribution in [0.4, 0.5) is 0 Å². The number of benzene rings is 1. The molecule has 0 saturated heterocycles. The number of nitrogens with one attached hydrogen (secondary N) is 2. The number of nitrogens with zero attached hydrogens (tertiary/aromatic N) is 1. The Hall–Kier alpha value is -2.07. The molecule has 2 heterocycles. The van der Waals surface area contributed by atoms with Gasteiger partial charge in [0.1, 0.15) is 11.3 Å². The van der Waals surface area contributed by atoms with Crippen LogP contribution in [0.2, 0.25) is 0 Å². The summed E-state index contributed by atoms with van der Waals surface area (Å²) < 4.78 is 5.90. The molecule has 0 aliphatic heterocycles. The largest absolute Gasteiger partial charge is 0.459 e. The van der Waals surface area contributed by atoms with Crippen LogP contribution in [-0.2, 0) is 6.42 Å². The van der Waals surface area contributed by atoms with Crippen molar-refractivity contribution in [2.75, 3.05) is 0 Å². The first-order chi connectivity index (χ1) is 10.1. The minimum absolute atomic E-state index is 0.174. The molecule has 2 aromatic heterocycles. The van der Waals surface area contributed by atoms with Crippen LogP contribution >= 0.6 is 0 Å². The normalized spacial score (nSPS) is 14.4. The Morgan fingerprint density at radius 2 is 2.05 bits per heavy atom. The summed E-state index contributed by atoms with van der Waals surface area (Å²) in [7, 11) is 0. The number of aromatic nitrogens is 2. The summed E-state index contributed by atoms with van der Waals surface area (Å²) in [5.74, 6) is 0.973. The minimum Gasteiger partial charge on any atom is -0.459 e. The third-order valence-corrected chi connectivity index (χ3v) is 3.68. The molecular weight excluding hydrogens is 262 g/mol. The Bertz CT molecular complexity index is 695. The van der Waals surface area contributed by atoms with Gasteiger partial charge in [0, 0.05) is 23.5 Å². The summed E-state index contributed by atoms with van der Waals surface area (Å²) in [6, 6.07) is 12.8. The van der Waals surface area contributed by atoms with Crippen molar-refractivity contribution >= 4 is 11.0 Å². The second-order valence-electron chi connectivity index (χ2n) is 5.72. The summed E-state index contributed by atoms with van der Waals surface area (Å²) in [4.78, 5) is 0. The van der Waals surface area contributed by atoms with Crippen molar-refractivity contribution in [3.63, 3.8) is 0 Å². The third kappa shape index (κ3) is 3.16. The molecule has 0 amide bonds. The number of rotatable bonds is 5. The SMILES string of the molecule is Cc1cc(C[C@@H](C)N[C@H](C)c2cc3ccccc3o2)n[nH]1. The summed E-state index contributed by atoms with van der Waals surface area (Å²) >= 11 is 0. The number of fused-ring (bicyclic) bond motifs is 1. The van der Waals surface area contributed by atoms with Crippen molar-refractivity contribution in [3.8, 4) is 0 Å². The predicted octanol–water partition coefficient (Wildman–Crippen LogP) is 3.75. The lowest BCUT2D eigenvalue weighted by atomic mass is 10.1. The molecule has 0 aliphatic carbocycles. The molecule has 2 atom stereocenters. The molecule has 4 nitrogen and oxygen atoms in total. The molecule has 1 aromatic carbocycles. The number of aryl methyl sites for hydroxylation is 1. The molecule has 0 unspecified atom stereocenters. The van der Waals surface area contributed by atoms with E-state index in [0.29, 0.717) is 6.04 Å². The zero-order chi connectivity index (χ0) is 14.8. The lowest BCUT2D eigenvalue weighted by molar-refractivity contribution is 0.408. The second-order valence-corrected chi connectivity index (χ2v) is 5.72. The van der Waals surface area contributed by atoms with E-state index in [-0.39, 0.29) is 6.04 Å². The molecule has 0 spiro atoms. The van der Waals surface area contributed by atoms with Crippen molar-refractivity contribution in [1.29, 1.82) is 0 Å². The summed E-state index contributed by atoms with van der Waals surface area (Å²) in [5.41, 5.74) is 3.13. The topological polar surface area (TPSA) is 53.9 Å². The summed E-state index contributed by atoms with van der Waals surface area (Å²) in [6.45, 7) is 6.32. The van der Waals surface area contributed by atoms with Crippen molar-refractivity contribution in [3.05, 3.63) is 53.5 Å². The van der Waals surface area contributed by atoms with Gasteiger partial charge in [0.15, 0.2) is 0 Å². The predicted molar refractivity (Wildman–Crippen MR) is 84.3 cm³/mol. The van der Waals surface area contributed by atoms with Gasteiger partial charge in [-0.25, -0.2) is 0 Å². The van der Waals surface area contributed by atoms with Crippen LogP contribution < -0.4 is 5.32 Å². The monoisotopic (exact) mass is 283 g/mol. The maximum absolute atomic E-state index is 5.90. The molecule has 0 fully saturated rings. The molecule has 0 bridgehead atoms. The Labute approximate surface area is 124 Å². The molecule has 3 aromatic rings. The molecule has 0 aliphatic rings. The fourth-order valence-electron chi connectivity index (χ4n) is 2.68. The molecule has 2 N–H and O–H groups in total. The maximum atomic E-state index is 5.90. The molecular formula is C17H21N3O. The summed E-state index contributed by atoms with van der Waals surface area (Å²) in [6.07, 6.45) is 0.898. The number of hydrogen-bond donors (Lipinski definition) is 2. The van der Waals surface area contributed by atoms with Gasteiger partial charge in [-0.15, -0.1) is 0 Å². The van der Waals surface area contributed by atoms with Crippen molar-refractivity contribution in [2.45, 2.75) is 39.3 Å². The van der Waals surface area contributed by atoms with Crippen LogP contribution in [0.25, 0.3) is 11.0 Å². The zero-order valence-electron chi connectivity index (χ0n) is 12.7. The number of hydrogen-bond acceptors (Lipinski definition) is 3. The molecule has 21 heavy (non-hydrogen) atoms. The van der Waals surface area contributed by atoms with Crippen molar-refractivity contribution < 1.29 is 4.42 Å². The van der Waals surface area contributed by atoms with Crippen LogP contribution in [-0.4, -0.2) is 16.2 Å². The second kappa shape index (κ2) is 5.74. The van der Waals surface area contributed by atoms with Crippen LogP contribution in [0.15, 0.2) is 40.8 Å². The Balaban J connectivity index is 1.66. The lowest BCUT2D eigenvalue weighted by Gasteiger charge is -2.17. The fourth-order valence-corrected chi connectivity index (χ4v) is 2.68. The lowest BCUT2D eigenvalue weighted by Crippen LogP contribution is -2.30. The fraction of sp³-hybridized carbons (Fsp3) is 0.353. The first kappa shape index (κ1) is 13.9. The van der Waals surface area contributed by atoms with Gasteiger partial charge in [-0.1, -0.05) is 18.2 Å². The Morgan fingerprint density at radius 3 is 2.76 bits per heavy atom. The van der Waals surface area contributed by atoms with Crippen molar-refractivity contribution in [2.24, 2.45) is 0 Å². The van der Waals surface area contributed by atoms with E-state index in [1.165, 1.54) is 0 Å². The molecule has 3 rings (SSSR count). The highest BCUT2D eigenvalue weighted by atomic mass is 16.3. The van der Waals surface area contributed by atoms with E-state index < -0.39 is 0 Å². The Kier molecular flexibility index (Phi) is 3.80. The van der Waals surface area contributed by atoms with Gasteiger partial charge in [0.05, 0.1) is 11.7 Å². The highest BCUT2D eigenvalue weighted by Gasteiger charge is 2.15. The quantitative estimate of drug-likeness (QED) is 0.750. The molecule has 0 radical (unpaired) electrons. The minimum atomic E-state index is 0.174. The molecule has 110 valence electrons. The average molecular weight is 283 g/mol. The van der Waals surface area contributed by atoms with E-state index >= 15 is 0 Å².